The molecule has 1 unspecified atom stereocenters. The van der Waals surface area contributed by atoms with Crippen molar-refractivity contribution in [1.29, 1.82) is 0 Å². The fourth-order valence-corrected chi connectivity index (χ4v) is 2.74. The topological polar surface area (TPSA) is 30.5 Å². The quantitative estimate of drug-likeness (QED) is 0.816. The number of nitrogens with one attached hydrogen (secondary N) is 1. The van der Waals surface area contributed by atoms with E-state index < -0.39 is 0 Å². The second-order valence-corrected chi connectivity index (χ2v) is 5.25. The number of hydrogen-bond donors (Lipinski definition) is 1. The van der Waals surface area contributed by atoms with Crippen LogP contribution in [-0.4, -0.2) is 20.8 Å². The van der Waals surface area contributed by atoms with Crippen molar-refractivity contribution in [2.75, 3.05) is 20.8 Å². The van der Waals surface area contributed by atoms with E-state index in [0.717, 1.165) is 24.0 Å². The average Bonchev–Trinajstić information content (AvgIpc) is 2.40. The lowest BCUT2D eigenvalue weighted by atomic mass is 9.79. The number of ether oxygens (including phenoxy) is 2. The van der Waals surface area contributed by atoms with Gasteiger partial charge in [0.05, 0.1) is 14.2 Å². The molecule has 0 aromatic heterocycles. The van der Waals surface area contributed by atoms with Gasteiger partial charge in [-0.3, -0.25) is 0 Å². The van der Waals surface area contributed by atoms with Crippen LogP contribution in [0.5, 0.6) is 11.5 Å². The summed E-state index contributed by atoms with van der Waals surface area (Å²) in [5.41, 5.74) is 1.22. The Morgan fingerprint density at radius 1 is 1.26 bits per heavy atom. The van der Waals surface area contributed by atoms with Crippen LogP contribution < -0.4 is 14.8 Å². The first-order valence-corrected chi connectivity index (χ1v) is 7.23. The molecule has 0 bridgehead atoms. The summed E-state index contributed by atoms with van der Waals surface area (Å²) in [5, 5.41) is 3.59. The van der Waals surface area contributed by atoms with Gasteiger partial charge in [-0.1, -0.05) is 26.2 Å². The first-order chi connectivity index (χ1) is 9.28. The van der Waals surface area contributed by atoms with Crippen molar-refractivity contribution in [2.45, 2.75) is 38.6 Å². The third kappa shape index (κ3) is 3.41. The van der Waals surface area contributed by atoms with E-state index in [1.165, 1.54) is 31.2 Å². The smallest absolute Gasteiger partial charge is 0.123 e. The summed E-state index contributed by atoms with van der Waals surface area (Å²) in [6.45, 7) is 3.12. The van der Waals surface area contributed by atoms with Gasteiger partial charge in [-0.05, 0) is 37.1 Å². The molecule has 1 aliphatic carbocycles. The molecule has 1 saturated carbocycles. The molecule has 3 nitrogen and oxygen atoms in total. The number of benzene rings is 1. The Morgan fingerprint density at radius 3 is 2.58 bits per heavy atom. The molecular formula is C16H25NO2. The van der Waals surface area contributed by atoms with Crippen LogP contribution in [0, 0.1) is 5.92 Å². The summed E-state index contributed by atoms with van der Waals surface area (Å²) in [4.78, 5) is 0. The Kier molecular flexibility index (Phi) is 5.08. The Labute approximate surface area is 116 Å². The van der Waals surface area contributed by atoms with Crippen molar-refractivity contribution in [1.82, 2.24) is 5.32 Å². The van der Waals surface area contributed by atoms with Crippen molar-refractivity contribution in [3.63, 3.8) is 0 Å². The van der Waals surface area contributed by atoms with Crippen LogP contribution in [0.25, 0.3) is 0 Å². The lowest BCUT2D eigenvalue weighted by Crippen LogP contribution is -2.26. The van der Waals surface area contributed by atoms with Crippen molar-refractivity contribution >= 4 is 0 Å². The van der Waals surface area contributed by atoms with E-state index in [1.807, 2.05) is 12.1 Å². The largest absolute Gasteiger partial charge is 0.497 e. The molecule has 0 saturated heterocycles. The monoisotopic (exact) mass is 263 g/mol. The summed E-state index contributed by atoms with van der Waals surface area (Å²) in [6, 6.07) is 6.42. The predicted molar refractivity (Wildman–Crippen MR) is 77.9 cm³/mol. The lowest BCUT2D eigenvalue weighted by Gasteiger charge is -2.31. The van der Waals surface area contributed by atoms with E-state index in [9.17, 15) is 0 Å². The zero-order valence-electron chi connectivity index (χ0n) is 12.2. The van der Waals surface area contributed by atoms with Crippen molar-refractivity contribution in [3.05, 3.63) is 23.8 Å². The van der Waals surface area contributed by atoms with Gasteiger partial charge < -0.3 is 14.8 Å². The Balaban J connectivity index is 2.21. The minimum atomic E-state index is 0.361. The molecule has 1 aromatic rings. The molecule has 106 valence electrons. The second kappa shape index (κ2) is 6.80. The van der Waals surface area contributed by atoms with E-state index in [0.29, 0.717) is 6.04 Å². The van der Waals surface area contributed by atoms with Gasteiger partial charge in [0.2, 0.25) is 0 Å². The zero-order chi connectivity index (χ0) is 13.7. The maximum absolute atomic E-state index is 5.51. The molecule has 1 fully saturated rings. The summed E-state index contributed by atoms with van der Waals surface area (Å²) >= 11 is 0. The Hall–Kier alpha value is -1.22. The van der Waals surface area contributed by atoms with Gasteiger partial charge in [-0.2, -0.15) is 0 Å². The van der Waals surface area contributed by atoms with Crippen LogP contribution in [0.4, 0.5) is 0 Å². The van der Waals surface area contributed by atoms with E-state index >= 15 is 0 Å². The fourth-order valence-electron chi connectivity index (χ4n) is 2.74. The molecular weight excluding hydrogens is 238 g/mol. The summed E-state index contributed by atoms with van der Waals surface area (Å²) in [7, 11) is 3.44. The van der Waals surface area contributed by atoms with E-state index in [2.05, 4.69) is 18.3 Å². The van der Waals surface area contributed by atoms with Crippen molar-refractivity contribution < 1.29 is 9.47 Å². The third-order valence-electron chi connectivity index (χ3n) is 4.06. The van der Waals surface area contributed by atoms with Gasteiger partial charge in [-0.15, -0.1) is 0 Å². The van der Waals surface area contributed by atoms with Crippen LogP contribution in [0.1, 0.15) is 44.2 Å². The standard InChI is InChI=1S/C16H25NO2/c1-4-17-15(10-12-6-5-7-12)14-11-13(18-2)8-9-16(14)19-3/h8-9,11-12,15,17H,4-7,10H2,1-3H3. The van der Waals surface area contributed by atoms with Crippen molar-refractivity contribution in [2.24, 2.45) is 5.92 Å². The third-order valence-corrected chi connectivity index (χ3v) is 4.06. The fraction of sp³-hybridized carbons (Fsp3) is 0.625. The van der Waals surface area contributed by atoms with Gasteiger partial charge in [0, 0.05) is 11.6 Å². The minimum absolute atomic E-state index is 0.361. The maximum atomic E-state index is 5.51. The molecule has 2 rings (SSSR count). The molecule has 1 aromatic carbocycles. The van der Waals surface area contributed by atoms with Gasteiger partial charge in [0.15, 0.2) is 0 Å². The molecule has 0 heterocycles. The summed E-state index contributed by atoms with van der Waals surface area (Å²) in [5.74, 6) is 2.71. The first-order valence-electron chi connectivity index (χ1n) is 7.23. The molecule has 1 N–H and O–H groups in total. The number of rotatable bonds is 7. The molecule has 0 aliphatic heterocycles. The molecule has 1 atom stereocenters. The van der Waals surface area contributed by atoms with Gasteiger partial charge in [0.25, 0.3) is 0 Å². The van der Waals surface area contributed by atoms with E-state index in [4.69, 9.17) is 9.47 Å². The van der Waals surface area contributed by atoms with Crippen LogP contribution >= 0.6 is 0 Å². The molecule has 0 spiro atoms. The zero-order valence-corrected chi connectivity index (χ0v) is 12.2. The van der Waals surface area contributed by atoms with Crippen molar-refractivity contribution in [3.8, 4) is 11.5 Å². The second-order valence-electron chi connectivity index (χ2n) is 5.25. The number of methoxy groups -OCH3 is 2. The highest BCUT2D eigenvalue weighted by Gasteiger charge is 2.24. The van der Waals surface area contributed by atoms with Gasteiger partial charge in [0.1, 0.15) is 11.5 Å². The minimum Gasteiger partial charge on any atom is -0.497 e. The molecule has 19 heavy (non-hydrogen) atoms. The Bertz CT molecular complexity index is 402. The normalized spacial score (nSPS) is 16.8. The molecule has 1 aliphatic rings. The number of hydrogen-bond acceptors (Lipinski definition) is 3. The summed E-state index contributed by atoms with van der Waals surface area (Å²) in [6.07, 6.45) is 5.32. The van der Waals surface area contributed by atoms with Crippen LogP contribution in [0.15, 0.2) is 18.2 Å². The van der Waals surface area contributed by atoms with Crippen LogP contribution in [0.2, 0.25) is 0 Å². The SMILES string of the molecule is CCNC(CC1CCC1)c1cc(OC)ccc1OC. The lowest BCUT2D eigenvalue weighted by molar-refractivity contribution is 0.259. The predicted octanol–water partition coefficient (Wildman–Crippen LogP) is 3.54. The summed E-state index contributed by atoms with van der Waals surface area (Å²) < 4.78 is 10.9. The van der Waals surface area contributed by atoms with Gasteiger partial charge in [-0.25, -0.2) is 0 Å². The van der Waals surface area contributed by atoms with Crippen LogP contribution in [-0.2, 0) is 0 Å². The van der Waals surface area contributed by atoms with E-state index in [1.54, 1.807) is 14.2 Å². The maximum Gasteiger partial charge on any atom is 0.123 e. The van der Waals surface area contributed by atoms with Gasteiger partial charge >= 0.3 is 0 Å². The molecule has 0 amide bonds. The first kappa shape index (κ1) is 14.2. The highest BCUT2D eigenvalue weighted by Crippen LogP contribution is 2.38. The molecule has 3 heteroatoms. The Morgan fingerprint density at radius 2 is 2.05 bits per heavy atom. The average molecular weight is 263 g/mol. The van der Waals surface area contributed by atoms with E-state index in [-0.39, 0.29) is 0 Å². The highest BCUT2D eigenvalue weighted by molar-refractivity contribution is 5.42. The highest BCUT2D eigenvalue weighted by atomic mass is 16.5. The molecule has 0 radical (unpaired) electrons. The van der Waals surface area contributed by atoms with Crippen LogP contribution in [0.3, 0.4) is 0 Å².